The van der Waals surface area contributed by atoms with Crippen LogP contribution in [0.3, 0.4) is 0 Å². The topological polar surface area (TPSA) is 81.2 Å². The summed E-state index contributed by atoms with van der Waals surface area (Å²) < 4.78 is 4.77. The fourth-order valence-electron chi connectivity index (χ4n) is 2.37. The Balaban J connectivity index is 2.01. The minimum absolute atomic E-state index is 0.189. The number of thioether (sulfide) groups is 1. The number of hydrogen-bond donors (Lipinski definition) is 1. The lowest BCUT2D eigenvalue weighted by Crippen LogP contribution is -2.43. The Morgan fingerprint density at radius 3 is 2.76 bits per heavy atom. The number of nitrogens with zero attached hydrogens (tertiary/aromatic N) is 2. The first kappa shape index (κ1) is 19.7. The molecule has 2 heterocycles. The molecule has 0 aliphatic heterocycles. The molecule has 2 aromatic heterocycles. The van der Waals surface area contributed by atoms with Crippen molar-refractivity contribution in [2.45, 2.75) is 44.7 Å². The van der Waals surface area contributed by atoms with Crippen LogP contribution in [0.4, 0.5) is 0 Å². The first-order valence-corrected chi connectivity index (χ1v) is 9.98. The molecule has 25 heavy (non-hydrogen) atoms. The lowest BCUT2D eigenvalue weighted by molar-refractivity contribution is -0.145. The number of carbonyl (C=O) groups is 2. The van der Waals surface area contributed by atoms with Crippen molar-refractivity contribution in [3.05, 3.63) is 17.3 Å². The summed E-state index contributed by atoms with van der Waals surface area (Å²) in [5.74, 6) is -0.160. The molecule has 0 saturated heterocycles. The normalized spacial score (nSPS) is 12.4. The zero-order valence-corrected chi connectivity index (χ0v) is 16.5. The number of nitrogens with one attached hydrogen (secondary N) is 1. The van der Waals surface area contributed by atoms with E-state index >= 15 is 0 Å². The van der Waals surface area contributed by atoms with E-state index < -0.39 is 12.0 Å². The van der Waals surface area contributed by atoms with Crippen LogP contribution < -0.4 is 5.32 Å². The number of rotatable bonds is 8. The first-order valence-electron chi connectivity index (χ1n) is 8.18. The summed E-state index contributed by atoms with van der Waals surface area (Å²) in [5.41, 5.74) is 0. The van der Waals surface area contributed by atoms with E-state index in [1.54, 1.807) is 11.3 Å². The standard InChI is InChI=1S/C17H23N3O3S2/c1-5-11-7-12-15(18-9-19-16(12)25-11)24-8-14(21)20-13(6-10(2)3)17(22)23-4/h7,9-10,13H,5-6,8H2,1-4H3,(H,20,21)/t13-/m1/s1. The van der Waals surface area contributed by atoms with Gasteiger partial charge in [0.05, 0.1) is 12.9 Å². The molecule has 0 bridgehead atoms. The highest BCUT2D eigenvalue weighted by Crippen LogP contribution is 2.30. The van der Waals surface area contributed by atoms with Crippen LogP contribution in [-0.4, -0.2) is 40.7 Å². The monoisotopic (exact) mass is 381 g/mol. The van der Waals surface area contributed by atoms with Gasteiger partial charge in [-0.25, -0.2) is 14.8 Å². The minimum atomic E-state index is -0.614. The average molecular weight is 382 g/mol. The van der Waals surface area contributed by atoms with Crippen molar-refractivity contribution in [2.75, 3.05) is 12.9 Å². The maximum absolute atomic E-state index is 12.2. The van der Waals surface area contributed by atoms with Gasteiger partial charge in [-0.2, -0.15) is 0 Å². The van der Waals surface area contributed by atoms with Crippen LogP contribution >= 0.6 is 23.1 Å². The average Bonchev–Trinajstić information content (AvgIpc) is 3.02. The summed E-state index contributed by atoms with van der Waals surface area (Å²) in [4.78, 5) is 34.8. The van der Waals surface area contributed by atoms with E-state index in [0.29, 0.717) is 6.42 Å². The SMILES string of the molecule is CCc1cc2c(SCC(=O)N[C@H](CC(C)C)C(=O)OC)ncnc2s1. The molecule has 0 aliphatic rings. The van der Waals surface area contributed by atoms with Crippen LogP contribution in [0.2, 0.25) is 0 Å². The van der Waals surface area contributed by atoms with Gasteiger partial charge in [-0.15, -0.1) is 11.3 Å². The van der Waals surface area contributed by atoms with E-state index in [9.17, 15) is 9.59 Å². The summed E-state index contributed by atoms with van der Waals surface area (Å²) in [6, 6.07) is 1.47. The largest absolute Gasteiger partial charge is 0.467 e. The third-order valence-corrected chi connectivity index (χ3v) is 5.75. The molecule has 2 aromatic rings. The number of amides is 1. The number of carbonyl (C=O) groups excluding carboxylic acids is 2. The number of ether oxygens (including phenoxy) is 1. The second-order valence-electron chi connectivity index (χ2n) is 6.03. The van der Waals surface area contributed by atoms with Crippen molar-refractivity contribution in [3.63, 3.8) is 0 Å². The molecule has 0 unspecified atom stereocenters. The van der Waals surface area contributed by atoms with E-state index in [-0.39, 0.29) is 17.6 Å². The molecule has 0 fully saturated rings. The van der Waals surface area contributed by atoms with Crippen molar-refractivity contribution >= 4 is 45.2 Å². The van der Waals surface area contributed by atoms with Gasteiger partial charge in [0.1, 0.15) is 22.2 Å². The van der Waals surface area contributed by atoms with Crippen LogP contribution in [-0.2, 0) is 20.7 Å². The smallest absolute Gasteiger partial charge is 0.328 e. The Hall–Kier alpha value is -1.67. The number of thiophene rings is 1. The third-order valence-electron chi connectivity index (χ3n) is 3.56. The molecule has 2 rings (SSSR count). The lowest BCUT2D eigenvalue weighted by Gasteiger charge is -2.18. The van der Waals surface area contributed by atoms with Crippen molar-refractivity contribution in [1.82, 2.24) is 15.3 Å². The second kappa shape index (κ2) is 9.15. The Morgan fingerprint density at radius 1 is 1.36 bits per heavy atom. The quantitative estimate of drug-likeness (QED) is 0.430. The minimum Gasteiger partial charge on any atom is -0.467 e. The molecule has 1 amide bonds. The van der Waals surface area contributed by atoms with E-state index in [0.717, 1.165) is 21.7 Å². The molecule has 8 heteroatoms. The van der Waals surface area contributed by atoms with Crippen LogP contribution in [0.25, 0.3) is 10.2 Å². The molecule has 1 atom stereocenters. The second-order valence-corrected chi connectivity index (χ2v) is 8.10. The fraction of sp³-hybridized carbons (Fsp3) is 0.529. The van der Waals surface area contributed by atoms with Gasteiger partial charge in [-0.1, -0.05) is 32.5 Å². The van der Waals surface area contributed by atoms with E-state index in [4.69, 9.17) is 4.74 Å². The maximum Gasteiger partial charge on any atom is 0.328 e. The zero-order valence-electron chi connectivity index (χ0n) is 14.9. The fourth-order valence-corrected chi connectivity index (χ4v) is 4.15. The van der Waals surface area contributed by atoms with Crippen molar-refractivity contribution in [3.8, 4) is 0 Å². The first-order chi connectivity index (χ1) is 11.9. The van der Waals surface area contributed by atoms with E-state index in [2.05, 4.69) is 28.3 Å². The predicted octanol–water partition coefficient (Wildman–Crippen LogP) is 3.05. The number of esters is 1. The predicted molar refractivity (Wildman–Crippen MR) is 101 cm³/mol. The molecule has 0 saturated carbocycles. The molecule has 1 N–H and O–H groups in total. The van der Waals surface area contributed by atoms with Crippen LogP contribution in [0.5, 0.6) is 0 Å². The maximum atomic E-state index is 12.2. The highest BCUT2D eigenvalue weighted by molar-refractivity contribution is 8.00. The van der Waals surface area contributed by atoms with Gasteiger partial charge < -0.3 is 10.1 Å². The van der Waals surface area contributed by atoms with Gasteiger partial charge >= 0.3 is 5.97 Å². The molecule has 0 radical (unpaired) electrons. The molecule has 0 aliphatic carbocycles. The third kappa shape index (κ3) is 5.40. The molecule has 136 valence electrons. The zero-order chi connectivity index (χ0) is 18.4. The van der Waals surface area contributed by atoms with Gasteiger partial charge in [0.25, 0.3) is 0 Å². The number of aryl methyl sites for hydroxylation is 1. The number of methoxy groups -OCH3 is 1. The van der Waals surface area contributed by atoms with Crippen LogP contribution in [0.1, 0.15) is 32.1 Å². The molecule has 0 aromatic carbocycles. The summed E-state index contributed by atoms with van der Waals surface area (Å²) in [5, 5.41) is 4.53. The molecular weight excluding hydrogens is 358 g/mol. The Morgan fingerprint density at radius 2 is 2.12 bits per heavy atom. The molecule has 6 nitrogen and oxygen atoms in total. The van der Waals surface area contributed by atoms with Gasteiger partial charge in [-0.05, 0) is 24.8 Å². The summed E-state index contributed by atoms with van der Waals surface area (Å²) >= 11 is 3.00. The summed E-state index contributed by atoms with van der Waals surface area (Å²) in [6.45, 7) is 6.09. The number of fused-ring (bicyclic) bond motifs is 1. The van der Waals surface area contributed by atoms with Gasteiger partial charge in [0, 0.05) is 10.3 Å². The highest BCUT2D eigenvalue weighted by Gasteiger charge is 2.22. The van der Waals surface area contributed by atoms with Crippen molar-refractivity contribution in [1.29, 1.82) is 0 Å². The van der Waals surface area contributed by atoms with E-state index in [1.165, 1.54) is 30.1 Å². The molecular formula is C17H23N3O3S2. The van der Waals surface area contributed by atoms with Crippen LogP contribution in [0, 0.1) is 5.92 Å². The highest BCUT2D eigenvalue weighted by atomic mass is 32.2. The van der Waals surface area contributed by atoms with Gasteiger partial charge in [0.2, 0.25) is 5.91 Å². The Labute approximate surface area is 155 Å². The summed E-state index contributed by atoms with van der Waals surface area (Å²) in [7, 11) is 1.33. The van der Waals surface area contributed by atoms with Gasteiger partial charge in [0.15, 0.2) is 0 Å². The van der Waals surface area contributed by atoms with Gasteiger partial charge in [-0.3, -0.25) is 4.79 Å². The lowest BCUT2D eigenvalue weighted by atomic mass is 10.0. The van der Waals surface area contributed by atoms with Crippen molar-refractivity contribution in [2.24, 2.45) is 5.92 Å². The van der Waals surface area contributed by atoms with Crippen LogP contribution in [0.15, 0.2) is 17.4 Å². The van der Waals surface area contributed by atoms with Crippen molar-refractivity contribution < 1.29 is 14.3 Å². The van der Waals surface area contributed by atoms with E-state index in [1.807, 2.05) is 13.8 Å². The molecule has 0 spiro atoms. The number of aromatic nitrogens is 2. The summed E-state index contributed by atoms with van der Waals surface area (Å²) in [6.07, 6.45) is 3.02. The number of hydrogen-bond acceptors (Lipinski definition) is 7. The Bertz CT molecular complexity index is 746. The Kier molecular flexibility index (Phi) is 7.19.